The molecule has 0 aromatic carbocycles. The molecule has 1 aromatic heterocycles. The highest BCUT2D eigenvalue weighted by Gasteiger charge is 2.28. The van der Waals surface area contributed by atoms with Crippen LogP contribution in [0.1, 0.15) is 16.8 Å². The van der Waals surface area contributed by atoms with Crippen molar-refractivity contribution >= 4 is 34.0 Å². The van der Waals surface area contributed by atoms with Crippen LogP contribution in [0.15, 0.2) is 31.1 Å². The van der Waals surface area contributed by atoms with E-state index >= 15 is 0 Å². The zero-order valence-electron chi connectivity index (χ0n) is 9.37. The number of halogens is 1. The fourth-order valence-corrected chi connectivity index (χ4v) is 3.10. The molecular formula is C12H14BrN2P. The van der Waals surface area contributed by atoms with Gasteiger partial charge in [-0.1, -0.05) is 24.8 Å². The van der Waals surface area contributed by atoms with E-state index in [2.05, 4.69) is 63.8 Å². The van der Waals surface area contributed by atoms with Crippen LogP contribution in [0.3, 0.4) is 0 Å². The van der Waals surface area contributed by atoms with Crippen LogP contribution in [0.2, 0.25) is 0 Å². The number of hydrogen-bond acceptors (Lipinski definition) is 1. The van der Waals surface area contributed by atoms with Gasteiger partial charge in [-0.05, 0) is 29.1 Å². The SMILES string of the molecule is C=C/C=C\c1c(C2=CN2P(C)Br)c[nH]c1C. The molecule has 0 bridgehead atoms. The zero-order chi connectivity index (χ0) is 11.7. The lowest BCUT2D eigenvalue weighted by atomic mass is 10.1. The Labute approximate surface area is 105 Å². The second-order valence-electron chi connectivity index (χ2n) is 3.64. The van der Waals surface area contributed by atoms with Gasteiger partial charge in [-0.3, -0.25) is 0 Å². The van der Waals surface area contributed by atoms with Crippen molar-refractivity contribution in [2.45, 2.75) is 6.92 Å². The number of rotatable bonds is 4. The molecule has 0 saturated carbocycles. The minimum Gasteiger partial charge on any atom is -0.364 e. The summed E-state index contributed by atoms with van der Waals surface area (Å²) in [7, 11) is 0. The molecule has 4 heteroatoms. The number of aryl methyl sites for hydroxylation is 1. The Morgan fingerprint density at radius 2 is 2.31 bits per heavy atom. The third kappa shape index (κ3) is 2.16. The van der Waals surface area contributed by atoms with Crippen molar-refractivity contribution in [2.24, 2.45) is 0 Å². The molecule has 0 amide bonds. The second kappa shape index (κ2) is 4.60. The summed E-state index contributed by atoms with van der Waals surface area (Å²) in [6.45, 7) is 7.73. The molecule has 84 valence electrons. The van der Waals surface area contributed by atoms with Gasteiger partial charge in [0.1, 0.15) is 0 Å². The molecule has 0 aliphatic carbocycles. The molecule has 1 unspecified atom stereocenters. The minimum atomic E-state index is -0.232. The number of hydrogen-bond donors (Lipinski definition) is 1. The number of aromatic nitrogens is 1. The van der Waals surface area contributed by atoms with Gasteiger partial charge in [0, 0.05) is 29.2 Å². The van der Waals surface area contributed by atoms with Gasteiger partial charge in [-0.15, -0.1) is 0 Å². The van der Waals surface area contributed by atoms with Gasteiger partial charge in [0.05, 0.1) is 12.5 Å². The van der Waals surface area contributed by atoms with E-state index in [9.17, 15) is 0 Å². The fourth-order valence-electron chi connectivity index (χ4n) is 1.64. The maximum absolute atomic E-state index is 3.70. The van der Waals surface area contributed by atoms with Crippen molar-refractivity contribution in [1.82, 2.24) is 9.65 Å². The van der Waals surface area contributed by atoms with Crippen LogP contribution in [0.4, 0.5) is 0 Å². The Hall–Kier alpha value is -0.790. The van der Waals surface area contributed by atoms with Crippen molar-refractivity contribution in [2.75, 3.05) is 6.66 Å². The van der Waals surface area contributed by atoms with Crippen LogP contribution in [-0.4, -0.2) is 16.3 Å². The normalized spacial score (nSPS) is 16.4. The molecular weight excluding hydrogens is 283 g/mol. The average molecular weight is 297 g/mol. The van der Waals surface area contributed by atoms with Gasteiger partial charge >= 0.3 is 0 Å². The summed E-state index contributed by atoms with van der Waals surface area (Å²) in [4.78, 5) is 3.27. The molecule has 1 atom stereocenters. The van der Waals surface area contributed by atoms with Crippen LogP contribution in [0, 0.1) is 6.92 Å². The molecule has 0 radical (unpaired) electrons. The topological polar surface area (TPSA) is 18.8 Å². The maximum Gasteiger partial charge on any atom is 0.0710 e. The molecule has 1 aromatic rings. The van der Waals surface area contributed by atoms with Crippen LogP contribution >= 0.6 is 22.3 Å². The van der Waals surface area contributed by atoms with Gasteiger partial charge in [0.25, 0.3) is 0 Å². The largest absolute Gasteiger partial charge is 0.364 e. The summed E-state index contributed by atoms with van der Waals surface area (Å²) >= 11 is 3.62. The molecule has 0 saturated heterocycles. The highest BCUT2D eigenvalue weighted by molar-refractivity contribution is 9.39. The van der Waals surface area contributed by atoms with E-state index in [1.807, 2.05) is 6.08 Å². The van der Waals surface area contributed by atoms with Crippen LogP contribution in [0.25, 0.3) is 11.8 Å². The number of aromatic amines is 1. The van der Waals surface area contributed by atoms with E-state index < -0.39 is 0 Å². The first kappa shape index (κ1) is 11.7. The summed E-state index contributed by atoms with van der Waals surface area (Å²) in [5, 5.41) is 0. The number of nitrogens with one attached hydrogen (secondary N) is 1. The van der Waals surface area contributed by atoms with Crippen molar-refractivity contribution in [3.63, 3.8) is 0 Å². The highest BCUT2D eigenvalue weighted by atomic mass is 79.9. The molecule has 1 N–H and O–H groups in total. The third-order valence-corrected chi connectivity index (χ3v) is 4.47. The lowest BCUT2D eigenvalue weighted by Gasteiger charge is -2.07. The third-order valence-electron chi connectivity index (χ3n) is 2.52. The number of nitrogens with zero attached hydrogens (tertiary/aromatic N) is 1. The summed E-state index contributed by atoms with van der Waals surface area (Å²) in [6, 6.07) is 0. The Morgan fingerprint density at radius 3 is 2.88 bits per heavy atom. The van der Waals surface area contributed by atoms with Gasteiger partial charge in [-0.25, -0.2) is 0 Å². The first-order chi connectivity index (χ1) is 7.65. The van der Waals surface area contributed by atoms with E-state index in [-0.39, 0.29) is 6.77 Å². The van der Waals surface area contributed by atoms with Crippen LogP contribution in [-0.2, 0) is 0 Å². The van der Waals surface area contributed by atoms with Gasteiger partial charge < -0.3 is 9.65 Å². The molecule has 1 aliphatic rings. The second-order valence-corrected chi connectivity index (χ2v) is 8.04. The van der Waals surface area contributed by atoms with E-state index in [4.69, 9.17) is 0 Å². The van der Waals surface area contributed by atoms with E-state index in [1.54, 1.807) is 6.08 Å². The van der Waals surface area contributed by atoms with E-state index in [0.29, 0.717) is 0 Å². The van der Waals surface area contributed by atoms with Crippen molar-refractivity contribution in [1.29, 1.82) is 0 Å². The molecule has 1 aliphatic heterocycles. The monoisotopic (exact) mass is 296 g/mol. The predicted octanol–water partition coefficient (Wildman–Crippen LogP) is 4.47. The number of H-pyrrole nitrogens is 1. The lowest BCUT2D eigenvalue weighted by molar-refractivity contribution is 1.04. The first-order valence-electron chi connectivity index (χ1n) is 5.03. The maximum atomic E-state index is 3.70. The Kier molecular flexibility index (Phi) is 3.36. The summed E-state index contributed by atoms with van der Waals surface area (Å²) in [6.07, 6.45) is 10.1. The zero-order valence-corrected chi connectivity index (χ0v) is 11.8. The van der Waals surface area contributed by atoms with Crippen molar-refractivity contribution in [3.8, 4) is 0 Å². The van der Waals surface area contributed by atoms with Crippen molar-refractivity contribution < 1.29 is 0 Å². The van der Waals surface area contributed by atoms with Gasteiger partial charge in [-0.2, -0.15) is 0 Å². The molecule has 2 heterocycles. The lowest BCUT2D eigenvalue weighted by Crippen LogP contribution is -1.86. The van der Waals surface area contributed by atoms with E-state index in [0.717, 1.165) is 0 Å². The summed E-state index contributed by atoms with van der Waals surface area (Å²) in [5.41, 5.74) is 5.01. The quantitative estimate of drug-likeness (QED) is 0.641. The van der Waals surface area contributed by atoms with Crippen molar-refractivity contribution in [3.05, 3.63) is 47.9 Å². The number of allylic oxidation sites excluding steroid dienone is 2. The molecule has 2 nitrogen and oxygen atoms in total. The first-order valence-corrected chi connectivity index (χ1v) is 8.79. The summed E-state index contributed by atoms with van der Waals surface area (Å²) in [5.74, 6) is 0. The molecule has 0 spiro atoms. The molecule has 0 fully saturated rings. The fraction of sp³-hybridized carbons (Fsp3) is 0.167. The Morgan fingerprint density at radius 1 is 1.56 bits per heavy atom. The van der Waals surface area contributed by atoms with Crippen LogP contribution in [0.5, 0.6) is 0 Å². The predicted molar refractivity (Wildman–Crippen MR) is 76.3 cm³/mol. The van der Waals surface area contributed by atoms with Gasteiger partial charge in [0.2, 0.25) is 0 Å². The average Bonchev–Trinajstić information content (AvgIpc) is 2.96. The smallest absolute Gasteiger partial charge is 0.0710 e. The van der Waals surface area contributed by atoms with E-state index in [1.165, 1.54) is 22.5 Å². The summed E-state index contributed by atoms with van der Waals surface area (Å²) < 4.78 is 2.27. The van der Waals surface area contributed by atoms with Gasteiger partial charge in [0.15, 0.2) is 0 Å². The van der Waals surface area contributed by atoms with Crippen LogP contribution < -0.4 is 0 Å². The Balaban J connectivity index is 2.26. The molecule has 16 heavy (non-hydrogen) atoms. The standard InChI is InChI=1S/C12H14BrN2P/c1-4-5-6-10-9(2)14-7-11(10)12-8-15(12)16(3)13/h4-8,14H,1H2,2-3H3/b6-5-. The Bertz CT molecular complexity index is 471. The minimum absolute atomic E-state index is 0.232. The highest BCUT2D eigenvalue weighted by Crippen LogP contribution is 2.56. The molecule has 2 rings (SSSR count).